The maximum atomic E-state index is 10.7. The van der Waals surface area contributed by atoms with Gasteiger partial charge in [-0.15, -0.1) is 0 Å². The van der Waals surface area contributed by atoms with E-state index in [2.05, 4.69) is 9.97 Å². The lowest BCUT2D eigenvalue weighted by Gasteiger charge is -1.98. The van der Waals surface area contributed by atoms with Gasteiger partial charge >= 0.3 is 5.97 Å². The number of aromatic amines is 1. The molecule has 0 radical (unpaired) electrons. The zero-order valence-corrected chi connectivity index (χ0v) is 7.03. The highest BCUT2D eigenvalue weighted by atomic mass is 16.4. The van der Waals surface area contributed by atoms with Gasteiger partial charge in [0.2, 0.25) is 0 Å². The number of pyridine rings is 1. The molecular formula is C9H8N2O2. The number of nitrogens with one attached hydrogen (secondary N) is 1. The van der Waals surface area contributed by atoms with Crippen molar-refractivity contribution in [2.45, 2.75) is 6.92 Å². The number of carboxylic acid groups (broad SMARTS) is 1. The molecule has 2 N–H and O–H groups in total. The van der Waals surface area contributed by atoms with Crippen molar-refractivity contribution in [3.63, 3.8) is 0 Å². The largest absolute Gasteiger partial charge is 0.477 e. The average Bonchev–Trinajstić information content (AvgIpc) is 2.48. The number of hydrogen-bond acceptors (Lipinski definition) is 2. The van der Waals surface area contributed by atoms with Crippen molar-refractivity contribution in [1.29, 1.82) is 0 Å². The Kier molecular flexibility index (Phi) is 1.55. The first-order valence-electron chi connectivity index (χ1n) is 3.86. The van der Waals surface area contributed by atoms with E-state index in [1.807, 2.05) is 12.1 Å². The Morgan fingerprint density at radius 3 is 3.08 bits per heavy atom. The van der Waals surface area contributed by atoms with Crippen LogP contribution >= 0.6 is 0 Å². The second-order valence-corrected chi connectivity index (χ2v) is 2.87. The summed E-state index contributed by atoms with van der Waals surface area (Å²) in [6.07, 6.45) is 1.74. The van der Waals surface area contributed by atoms with Crippen LogP contribution in [0.5, 0.6) is 0 Å². The molecule has 13 heavy (non-hydrogen) atoms. The van der Waals surface area contributed by atoms with E-state index in [9.17, 15) is 4.79 Å². The highest BCUT2D eigenvalue weighted by Gasteiger charge is 2.10. The molecule has 0 aliphatic carbocycles. The number of carboxylic acids is 1. The average molecular weight is 176 g/mol. The number of aryl methyl sites for hydroxylation is 1. The molecule has 0 unspecified atom stereocenters. The smallest absolute Gasteiger partial charge is 0.354 e. The van der Waals surface area contributed by atoms with Crippen molar-refractivity contribution in [1.82, 2.24) is 9.97 Å². The molecule has 2 aromatic heterocycles. The van der Waals surface area contributed by atoms with Gasteiger partial charge in [-0.25, -0.2) is 9.78 Å². The number of hydrogen-bond donors (Lipinski definition) is 2. The van der Waals surface area contributed by atoms with Gasteiger partial charge in [-0.1, -0.05) is 0 Å². The van der Waals surface area contributed by atoms with E-state index in [-0.39, 0.29) is 5.69 Å². The highest BCUT2D eigenvalue weighted by molar-refractivity contribution is 5.90. The Labute approximate surface area is 74.2 Å². The molecular weight excluding hydrogens is 168 g/mol. The summed E-state index contributed by atoms with van der Waals surface area (Å²) in [6, 6.07) is 3.67. The summed E-state index contributed by atoms with van der Waals surface area (Å²) in [5.74, 6) is -0.992. The highest BCUT2D eigenvalue weighted by Crippen LogP contribution is 2.14. The zero-order valence-electron chi connectivity index (χ0n) is 7.03. The molecule has 0 aliphatic heterocycles. The molecule has 0 saturated carbocycles. The maximum Gasteiger partial charge on any atom is 0.354 e. The summed E-state index contributed by atoms with van der Waals surface area (Å²) in [7, 11) is 0. The van der Waals surface area contributed by atoms with Gasteiger partial charge in [-0.2, -0.15) is 0 Å². The first-order valence-corrected chi connectivity index (χ1v) is 3.86. The van der Waals surface area contributed by atoms with Gasteiger partial charge < -0.3 is 10.1 Å². The predicted molar refractivity (Wildman–Crippen MR) is 47.8 cm³/mol. The Bertz CT molecular complexity index is 473. The minimum Gasteiger partial charge on any atom is -0.477 e. The SMILES string of the molecule is Cc1cc2cc[nH]c2nc1C(=O)O. The standard InChI is InChI=1S/C9H8N2O2/c1-5-4-6-2-3-10-8(6)11-7(5)9(12)13/h2-4H,1H3,(H,10,11)(H,12,13). The van der Waals surface area contributed by atoms with E-state index in [4.69, 9.17) is 5.11 Å². The van der Waals surface area contributed by atoms with Crippen LogP contribution in [0.25, 0.3) is 11.0 Å². The molecule has 0 atom stereocenters. The third kappa shape index (κ3) is 1.16. The molecule has 66 valence electrons. The molecule has 0 aliphatic rings. The topological polar surface area (TPSA) is 66.0 Å². The molecule has 4 nitrogen and oxygen atoms in total. The second kappa shape index (κ2) is 2.58. The molecule has 2 heterocycles. The molecule has 0 fully saturated rings. The van der Waals surface area contributed by atoms with Crippen LogP contribution in [-0.4, -0.2) is 21.0 Å². The van der Waals surface area contributed by atoms with Gasteiger partial charge in [0.1, 0.15) is 5.65 Å². The fourth-order valence-corrected chi connectivity index (χ4v) is 1.30. The monoisotopic (exact) mass is 176 g/mol. The number of rotatable bonds is 1. The number of fused-ring (bicyclic) bond motifs is 1. The fraction of sp³-hybridized carbons (Fsp3) is 0.111. The number of aromatic nitrogens is 2. The van der Waals surface area contributed by atoms with Gasteiger partial charge in [0.05, 0.1) is 0 Å². The lowest BCUT2D eigenvalue weighted by atomic mass is 10.2. The van der Waals surface area contributed by atoms with Crippen molar-refractivity contribution in [2.24, 2.45) is 0 Å². The van der Waals surface area contributed by atoms with Crippen LogP contribution in [0.2, 0.25) is 0 Å². The summed E-state index contributed by atoms with van der Waals surface area (Å²) in [5.41, 5.74) is 1.40. The Hall–Kier alpha value is -1.84. The summed E-state index contributed by atoms with van der Waals surface area (Å²) in [4.78, 5) is 17.6. The normalized spacial score (nSPS) is 10.5. The lowest BCUT2D eigenvalue weighted by molar-refractivity contribution is 0.0690. The molecule has 2 rings (SSSR count). The van der Waals surface area contributed by atoms with Crippen LogP contribution in [0.15, 0.2) is 18.3 Å². The van der Waals surface area contributed by atoms with Gasteiger partial charge in [0.15, 0.2) is 5.69 Å². The first-order chi connectivity index (χ1) is 6.18. The number of nitrogens with zero attached hydrogens (tertiary/aromatic N) is 1. The summed E-state index contributed by atoms with van der Waals surface area (Å²) in [5, 5.41) is 9.72. The van der Waals surface area contributed by atoms with E-state index in [1.54, 1.807) is 13.1 Å². The third-order valence-electron chi connectivity index (χ3n) is 1.93. The fourth-order valence-electron chi connectivity index (χ4n) is 1.30. The van der Waals surface area contributed by atoms with Crippen molar-refractivity contribution >= 4 is 17.0 Å². The van der Waals surface area contributed by atoms with Crippen molar-refractivity contribution in [2.75, 3.05) is 0 Å². The molecule has 0 aromatic carbocycles. The van der Waals surface area contributed by atoms with Crippen molar-refractivity contribution < 1.29 is 9.90 Å². The van der Waals surface area contributed by atoms with Gasteiger partial charge in [0, 0.05) is 11.6 Å². The second-order valence-electron chi connectivity index (χ2n) is 2.87. The van der Waals surface area contributed by atoms with Crippen LogP contribution < -0.4 is 0 Å². The van der Waals surface area contributed by atoms with E-state index in [0.29, 0.717) is 11.2 Å². The van der Waals surface area contributed by atoms with Crippen LogP contribution in [0.1, 0.15) is 16.1 Å². The van der Waals surface area contributed by atoms with Gasteiger partial charge in [0.25, 0.3) is 0 Å². The summed E-state index contributed by atoms with van der Waals surface area (Å²) < 4.78 is 0. The molecule has 0 saturated heterocycles. The Morgan fingerprint density at radius 1 is 1.62 bits per heavy atom. The third-order valence-corrected chi connectivity index (χ3v) is 1.93. The summed E-state index contributed by atoms with van der Waals surface area (Å²) >= 11 is 0. The molecule has 4 heteroatoms. The number of aromatic carboxylic acids is 1. The minimum absolute atomic E-state index is 0.106. The van der Waals surface area contributed by atoms with Crippen LogP contribution in [0.3, 0.4) is 0 Å². The lowest BCUT2D eigenvalue weighted by Crippen LogP contribution is -2.03. The molecule has 0 spiro atoms. The van der Waals surface area contributed by atoms with Crippen molar-refractivity contribution in [3.05, 3.63) is 29.6 Å². The van der Waals surface area contributed by atoms with E-state index >= 15 is 0 Å². The maximum absolute atomic E-state index is 10.7. The van der Waals surface area contributed by atoms with E-state index in [0.717, 1.165) is 5.39 Å². The van der Waals surface area contributed by atoms with Crippen LogP contribution in [-0.2, 0) is 0 Å². The predicted octanol–water partition coefficient (Wildman–Crippen LogP) is 1.57. The molecule has 0 amide bonds. The van der Waals surface area contributed by atoms with E-state index < -0.39 is 5.97 Å². The van der Waals surface area contributed by atoms with Gasteiger partial charge in [-0.05, 0) is 24.6 Å². The Morgan fingerprint density at radius 2 is 2.38 bits per heavy atom. The molecule has 0 bridgehead atoms. The van der Waals surface area contributed by atoms with E-state index in [1.165, 1.54) is 0 Å². The molecule has 2 aromatic rings. The number of H-pyrrole nitrogens is 1. The minimum atomic E-state index is -0.992. The Balaban J connectivity index is 2.76. The van der Waals surface area contributed by atoms with Gasteiger partial charge in [-0.3, -0.25) is 0 Å². The number of carbonyl (C=O) groups is 1. The first kappa shape index (κ1) is 7.79. The van der Waals surface area contributed by atoms with Crippen LogP contribution in [0, 0.1) is 6.92 Å². The van der Waals surface area contributed by atoms with Crippen LogP contribution in [0.4, 0.5) is 0 Å². The zero-order chi connectivity index (χ0) is 9.42. The summed E-state index contributed by atoms with van der Waals surface area (Å²) in [6.45, 7) is 1.74. The van der Waals surface area contributed by atoms with Crippen molar-refractivity contribution in [3.8, 4) is 0 Å². The quantitative estimate of drug-likeness (QED) is 0.693.